The minimum absolute atomic E-state index is 0.274. The van der Waals surface area contributed by atoms with Gasteiger partial charge in [-0.1, -0.05) is 6.07 Å². The molecule has 1 aliphatic rings. The molecule has 0 saturated carbocycles. The average Bonchev–Trinajstić information content (AvgIpc) is 3.30. The van der Waals surface area contributed by atoms with Gasteiger partial charge in [-0.15, -0.1) is 10.2 Å². The topological polar surface area (TPSA) is 90.1 Å². The molecule has 0 radical (unpaired) electrons. The average molecular weight is 402 g/mol. The number of nitrogens with zero attached hydrogens (tertiary/aromatic N) is 6. The van der Waals surface area contributed by atoms with Crippen LogP contribution in [0.4, 0.5) is 0 Å². The first-order chi connectivity index (χ1) is 14.8. The summed E-state index contributed by atoms with van der Waals surface area (Å²) in [4.78, 5) is 15.5. The third-order valence-electron chi connectivity index (χ3n) is 5.50. The highest BCUT2D eigenvalue weighted by atomic mass is 16.5. The standard InChI is InChI=1S/C22H22N6O2/c1-29-18-4-5-19-16(12-18)2-3-17(25-19)14-28-10-6-15(7-11-28)21-26-27-22(30-21)20-13-23-8-9-24-20/h2-5,8-9,12-13,15H,6-7,10-11,14H2,1H3. The molecule has 1 aromatic carbocycles. The lowest BCUT2D eigenvalue weighted by Crippen LogP contribution is -2.32. The number of fused-ring (bicyclic) bond motifs is 1. The number of pyridine rings is 1. The van der Waals surface area contributed by atoms with Crippen molar-refractivity contribution in [3.05, 3.63) is 60.5 Å². The third kappa shape index (κ3) is 3.86. The summed E-state index contributed by atoms with van der Waals surface area (Å²) in [6.45, 7) is 2.77. The molecule has 3 aromatic heterocycles. The van der Waals surface area contributed by atoms with Crippen molar-refractivity contribution in [3.8, 4) is 17.3 Å². The molecule has 1 saturated heterocycles. The second-order valence-electron chi connectivity index (χ2n) is 7.45. The summed E-state index contributed by atoms with van der Waals surface area (Å²) in [5, 5.41) is 9.48. The molecule has 8 heteroatoms. The van der Waals surface area contributed by atoms with Crippen LogP contribution in [0.5, 0.6) is 5.75 Å². The molecule has 4 heterocycles. The zero-order chi connectivity index (χ0) is 20.3. The van der Waals surface area contributed by atoms with Crippen LogP contribution < -0.4 is 4.74 Å². The molecule has 8 nitrogen and oxygen atoms in total. The number of hydrogen-bond donors (Lipinski definition) is 0. The Morgan fingerprint density at radius 3 is 2.80 bits per heavy atom. The Balaban J connectivity index is 1.21. The van der Waals surface area contributed by atoms with Crippen LogP contribution in [0.3, 0.4) is 0 Å². The minimum Gasteiger partial charge on any atom is -0.497 e. The van der Waals surface area contributed by atoms with Gasteiger partial charge in [-0.25, -0.2) is 4.98 Å². The highest BCUT2D eigenvalue weighted by molar-refractivity contribution is 5.80. The van der Waals surface area contributed by atoms with Gasteiger partial charge in [-0.2, -0.15) is 0 Å². The number of methoxy groups -OCH3 is 1. The highest BCUT2D eigenvalue weighted by Gasteiger charge is 2.25. The van der Waals surface area contributed by atoms with Gasteiger partial charge in [0.2, 0.25) is 5.89 Å². The lowest BCUT2D eigenvalue weighted by atomic mass is 9.96. The van der Waals surface area contributed by atoms with Crippen molar-refractivity contribution in [2.24, 2.45) is 0 Å². The third-order valence-corrected chi connectivity index (χ3v) is 5.50. The molecule has 152 valence electrons. The predicted molar refractivity (Wildman–Crippen MR) is 111 cm³/mol. The molecule has 5 rings (SSSR count). The molecule has 0 aliphatic carbocycles. The van der Waals surface area contributed by atoms with E-state index in [0.29, 0.717) is 17.5 Å². The molecular formula is C22H22N6O2. The number of rotatable bonds is 5. The zero-order valence-electron chi connectivity index (χ0n) is 16.7. The van der Waals surface area contributed by atoms with E-state index in [1.807, 2.05) is 18.2 Å². The van der Waals surface area contributed by atoms with Crippen LogP contribution in [0.1, 0.15) is 30.3 Å². The molecule has 0 N–H and O–H groups in total. The Kier molecular flexibility index (Phi) is 5.06. The van der Waals surface area contributed by atoms with Gasteiger partial charge in [0.15, 0.2) is 0 Å². The van der Waals surface area contributed by atoms with E-state index in [1.165, 1.54) is 0 Å². The van der Waals surface area contributed by atoms with Crippen molar-refractivity contribution in [1.82, 2.24) is 30.0 Å². The number of piperidine rings is 1. The maximum absolute atomic E-state index is 5.86. The Bertz CT molecular complexity index is 1140. The Hall–Kier alpha value is -3.39. The Morgan fingerprint density at radius 2 is 2.00 bits per heavy atom. The van der Waals surface area contributed by atoms with Gasteiger partial charge in [0.05, 0.1) is 24.5 Å². The quantitative estimate of drug-likeness (QED) is 0.501. The van der Waals surface area contributed by atoms with Gasteiger partial charge < -0.3 is 9.15 Å². The molecule has 4 aromatic rings. The van der Waals surface area contributed by atoms with E-state index in [4.69, 9.17) is 14.1 Å². The minimum atomic E-state index is 0.274. The summed E-state index contributed by atoms with van der Waals surface area (Å²) in [7, 11) is 1.68. The van der Waals surface area contributed by atoms with Crippen molar-refractivity contribution in [3.63, 3.8) is 0 Å². The number of hydrogen-bond acceptors (Lipinski definition) is 8. The first-order valence-corrected chi connectivity index (χ1v) is 10.0. The number of ether oxygens (including phenoxy) is 1. The molecule has 30 heavy (non-hydrogen) atoms. The van der Waals surface area contributed by atoms with Crippen LogP contribution in [0.2, 0.25) is 0 Å². The van der Waals surface area contributed by atoms with Crippen LogP contribution >= 0.6 is 0 Å². The molecule has 0 spiro atoms. The molecule has 0 bridgehead atoms. The Labute approximate surface area is 174 Å². The lowest BCUT2D eigenvalue weighted by molar-refractivity contribution is 0.191. The second-order valence-corrected chi connectivity index (χ2v) is 7.45. The fourth-order valence-electron chi connectivity index (χ4n) is 3.84. The number of benzene rings is 1. The van der Waals surface area contributed by atoms with Crippen molar-refractivity contribution >= 4 is 10.9 Å². The summed E-state index contributed by atoms with van der Waals surface area (Å²) in [6.07, 6.45) is 6.83. The largest absolute Gasteiger partial charge is 0.497 e. The summed E-state index contributed by atoms with van der Waals surface area (Å²) in [5.74, 6) is 2.24. The SMILES string of the molecule is COc1ccc2nc(CN3CCC(c4nnc(-c5cnccn5)o4)CC3)ccc2c1. The van der Waals surface area contributed by atoms with Crippen molar-refractivity contribution in [2.45, 2.75) is 25.3 Å². The summed E-state index contributed by atoms with van der Waals surface area (Å²) in [6, 6.07) is 10.2. The van der Waals surface area contributed by atoms with E-state index in [1.54, 1.807) is 25.7 Å². The Morgan fingerprint density at radius 1 is 1.10 bits per heavy atom. The van der Waals surface area contributed by atoms with E-state index in [2.05, 4.69) is 37.2 Å². The van der Waals surface area contributed by atoms with E-state index >= 15 is 0 Å². The number of likely N-dealkylation sites (tertiary alicyclic amines) is 1. The van der Waals surface area contributed by atoms with Gasteiger partial charge in [0, 0.05) is 30.2 Å². The summed E-state index contributed by atoms with van der Waals surface area (Å²) in [5.41, 5.74) is 2.67. The van der Waals surface area contributed by atoms with E-state index in [9.17, 15) is 0 Å². The molecule has 0 unspecified atom stereocenters. The second kappa shape index (κ2) is 8.16. The fraction of sp³-hybridized carbons (Fsp3) is 0.318. The molecule has 1 aliphatic heterocycles. The van der Waals surface area contributed by atoms with Crippen LogP contribution in [-0.2, 0) is 6.54 Å². The molecular weight excluding hydrogens is 380 g/mol. The van der Waals surface area contributed by atoms with E-state index in [-0.39, 0.29) is 5.92 Å². The van der Waals surface area contributed by atoms with Crippen molar-refractivity contribution in [2.75, 3.05) is 20.2 Å². The van der Waals surface area contributed by atoms with Gasteiger partial charge in [0.25, 0.3) is 5.89 Å². The fourth-order valence-corrected chi connectivity index (χ4v) is 3.84. The first kappa shape index (κ1) is 18.6. The zero-order valence-corrected chi connectivity index (χ0v) is 16.7. The lowest BCUT2D eigenvalue weighted by Gasteiger charge is -2.30. The summed E-state index contributed by atoms with van der Waals surface area (Å²) < 4.78 is 11.2. The van der Waals surface area contributed by atoms with Crippen LogP contribution in [0.25, 0.3) is 22.5 Å². The van der Waals surface area contributed by atoms with E-state index in [0.717, 1.165) is 54.8 Å². The smallest absolute Gasteiger partial charge is 0.267 e. The van der Waals surface area contributed by atoms with E-state index < -0.39 is 0 Å². The van der Waals surface area contributed by atoms with Crippen molar-refractivity contribution in [1.29, 1.82) is 0 Å². The molecule has 0 atom stereocenters. The molecule has 0 amide bonds. The van der Waals surface area contributed by atoms with Gasteiger partial charge >= 0.3 is 0 Å². The normalized spacial score (nSPS) is 15.5. The number of aromatic nitrogens is 5. The van der Waals surface area contributed by atoms with Crippen LogP contribution in [0, 0.1) is 0 Å². The maximum Gasteiger partial charge on any atom is 0.267 e. The highest BCUT2D eigenvalue weighted by Crippen LogP contribution is 2.29. The van der Waals surface area contributed by atoms with Gasteiger partial charge in [0.1, 0.15) is 11.4 Å². The summed E-state index contributed by atoms with van der Waals surface area (Å²) >= 11 is 0. The monoisotopic (exact) mass is 402 g/mol. The molecule has 1 fully saturated rings. The predicted octanol–water partition coefficient (Wildman–Crippen LogP) is 3.46. The van der Waals surface area contributed by atoms with Crippen molar-refractivity contribution < 1.29 is 9.15 Å². The van der Waals surface area contributed by atoms with Crippen LogP contribution in [-0.4, -0.2) is 50.2 Å². The maximum atomic E-state index is 5.86. The first-order valence-electron chi connectivity index (χ1n) is 10.0. The van der Waals surface area contributed by atoms with Gasteiger partial charge in [-0.3, -0.25) is 14.9 Å². The van der Waals surface area contributed by atoms with Crippen LogP contribution in [0.15, 0.2) is 53.3 Å². The van der Waals surface area contributed by atoms with Gasteiger partial charge in [-0.05, 0) is 50.2 Å².